The Balaban J connectivity index is 2.08. The maximum atomic E-state index is 12.9. The van der Waals surface area contributed by atoms with Crippen LogP contribution in [-0.4, -0.2) is 25.8 Å². The van der Waals surface area contributed by atoms with Crippen LogP contribution in [0, 0.1) is 5.82 Å². The van der Waals surface area contributed by atoms with Crippen molar-refractivity contribution >= 4 is 15.5 Å². The highest BCUT2D eigenvalue weighted by atomic mass is 32.2. The summed E-state index contributed by atoms with van der Waals surface area (Å²) in [4.78, 5) is 0.241. The van der Waals surface area contributed by atoms with Gasteiger partial charge in [-0.05, 0) is 48.9 Å². The highest BCUT2D eigenvalue weighted by Gasteiger charge is 2.16. The van der Waals surface area contributed by atoms with Gasteiger partial charge in [0, 0.05) is 11.9 Å². The van der Waals surface area contributed by atoms with Gasteiger partial charge in [0.25, 0.3) is 0 Å². The molecule has 0 amide bonds. The van der Waals surface area contributed by atoms with Crippen LogP contribution in [-0.2, 0) is 9.84 Å². The van der Waals surface area contributed by atoms with Crippen LogP contribution in [0.1, 0.15) is 18.6 Å². The van der Waals surface area contributed by atoms with Crippen LogP contribution in [0.4, 0.5) is 10.1 Å². The summed E-state index contributed by atoms with van der Waals surface area (Å²) in [5.41, 5.74) is 1.30. The molecule has 2 atom stereocenters. The van der Waals surface area contributed by atoms with Crippen LogP contribution in [0.5, 0.6) is 0 Å². The Labute approximate surface area is 129 Å². The quantitative estimate of drug-likeness (QED) is 0.888. The fourth-order valence-corrected chi connectivity index (χ4v) is 2.72. The van der Waals surface area contributed by atoms with Gasteiger partial charge in [0.15, 0.2) is 9.84 Å². The van der Waals surface area contributed by atoms with E-state index in [0.29, 0.717) is 11.3 Å². The molecule has 0 saturated carbocycles. The zero-order chi connectivity index (χ0) is 16.3. The minimum Gasteiger partial charge on any atom is -0.386 e. The molecule has 2 N–H and O–H groups in total. The smallest absolute Gasteiger partial charge is 0.175 e. The van der Waals surface area contributed by atoms with Crippen molar-refractivity contribution in [2.24, 2.45) is 0 Å². The van der Waals surface area contributed by atoms with Gasteiger partial charge in [-0.25, -0.2) is 12.8 Å². The summed E-state index contributed by atoms with van der Waals surface area (Å²) in [6.45, 7) is 1.79. The Morgan fingerprint density at radius 3 is 2.09 bits per heavy atom. The van der Waals surface area contributed by atoms with Crippen molar-refractivity contribution in [1.29, 1.82) is 0 Å². The highest BCUT2D eigenvalue weighted by molar-refractivity contribution is 7.90. The van der Waals surface area contributed by atoms with E-state index in [0.717, 1.165) is 6.26 Å². The van der Waals surface area contributed by atoms with Gasteiger partial charge in [-0.1, -0.05) is 12.1 Å². The topological polar surface area (TPSA) is 66.4 Å². The van der Waals surface area contributed by atoms with Gasteiger partial charge < -0.3 is 10.4 Å². The van der Waals surface area contributed by atoms with Crippen molar-refractivity contribution in [2.75, 3.05) is 11.6 Å². The largest absolute Gasteiger partial charge is 0.386 e. The van der Waals surface area contributed by atoms with Crippen molar-refractivity contribution in [3.8, 4) is 0 Å². The number of rotatable bonds is 5. The fourth-order valence-electron chi connectivity index (χ4n) is 2.09. The molecule has 0 aliphatic heterocycles. The third-order valence-electron chi connectivity index (χ3n) is 3.36. The van der Waals surface area contributed by atoms with Gasteiger partial charge in [0.05, 0.1) is 17.0 Å². The first kappa shape index (κ1) is 16.5. The predicted octanol–water partition coefficient (Wildman–Crippen LogP) is 2.76. The van der Waals surface area contributed by atoms with Crippen LogP contribution >= 0.6 is 0 Å². The van der Waals surface area contributed by atoms with E-state index in [2.05, 4.69) is 5.32 Å². The van der Waals surface area contributed by atoms with E-state index in [1.54, 1.807) is 19.1 Å². The number of aliphatic hydroxyl groups excluding tert-OH is 1. The third-order valence-corrected chi connectivity index (χ3v) is 4.49. The van der Waals surface area contributed by atoms with Gasteiger partial charge in [0.1, 0.15) is 5.82 Å². The lowest BCUT2D eigenvalue weighted by atomic mass is 10.0. The van der Waals surface area contributed by atoms with E-state index in [1.807, 2.05) is 0 Å². The molecule has 6 heteroatoms. The second-order valence-corrected chi connectivity index (χ2v) is 7.24. The minimum absolute atomic E-state index is 0.241. The Kier molecular flexibility index (Phi) is 4.83. The molecule has 118 valence electrons. The lowest BCUT2D eigenvalue weighted by Gasteiger charge is -2.21. The van der Waals surface area contributed by atoms with Crippen LogP contribution < -0.4 is 5.32 Å². The highest BCUT2D eigenvalue weighted by Crippen LogP contribution is 2.21. The zero-order valence-corrected chi connectivity index (χ0v) is 13.1. The summed E-state index contributed by atoms with van der Waals surface area (Å²) in [6.07, 6.45) is 0.339. The van der Waals surface area contributed by atoms with Crippen LogP contribution in [0.15, 0.2) is 53.4 Å². The summed E-state index contributed by atoms with van der Waals surface area (Å²) in [6, 6.07) is 11.6. The summed E-state index contributed by atoms with van der Waals surface area (Å²) >= 11 is 0. The molecule has 0 fully saturated rings. The molecular formula is C16H18FNO3S. The molecule has 0 radical (unpaired) electrons. The first-order chi connectivity index (χ1) is 10.3. The monoisotopic (exact) mass is 323 g/mol. The van der Waals surface area contributed by atoms with Crippen molar-refractivity contribution < 1.29 is 17.9 Å². The van der Waals surface area contributed by atoms with E-state index in [-0.39, 0.29) is 16.8 Å². The van der Waals surface area contributed by atoms with Crippen LogP contribution in [0.25, 0.3) is 0 Å². The second-order valence-electron chi connectivity index (χ2n) is 5.23. The molecule has 0 unspecified atom stereocenters. The van der Waals surface area contributed by atoms with E-state index >= 15 is 0 Å². The molecule has 0 heterocycles. The molecule has 0 aliphatic carbocycles. The Bertz CT molecular complexity index is 727. The van der Waals surface area contributed by atoms with E-state index < -0.39 is 15.9 Å². The van der Waals surface area contributed by atoms with Crippen molar-refractivity contribution in [2.45, 2.75) is 24.0 Å². The lowest BCUT2D eigenvalue weighted by Crippen LogP contribution is -2.24. The molecule has 0 aliphatic rings. The minimum atomic E-state index is -3.22. The SMILES string of the molecule is C[C@@H](Nc1ccc(S(C)(=O)=O)cc1)[C@H](O)c1ccc(F)cc1. The van der Waals surface area contributed by atoms with Gasteiger partial charge in [-0.15, -0.1) is 0 Å². The first-order valence-corrected chi connectivity index (χ1v) is 8.67. The average Bonchev–Trinajstić information content (AvgIpc) is 2.47. The Morgan fingerprint density at radius 2 is 1.59 bits per heavy atom. The van der Waals surface area contributed by atoms with Crippen molar-refractivity contribution in [3.63, 3.8) is 0 Å². The number of nitrogens with one attached hydrogen (secondary N) is 1. The Hall–Kier alpha value is -1.92. The summed E-state index contributed by atoms with van der Waals surface area (Å²) in [5, 5.41) is 13.3. The summed E-state index contributed by atoms with van der Waals surface area (Å²) in [5.74, 6) is -0.354. The maximum Gasteiger partial charge on any atom is 0.175 e. The standard InChI is InChI=1S/C16H18FNO3S/c1-11(16(19)12-3-5-13(17)6-4-12)18-14-7-9-15(10-8-14)22(2,20)21/h3-11,16,18-19H,1-2H3/t11-,16+/m1/s1. The molecule has 2 aromatic carbocycles. The van der Waals surface area contributed by atoms with Gasteiger partial charge in [-0.2, -0.15) is 0 Å². The fraction of sp³-hybridized carbons (Fsp3) is 0.250. The number of halogens is 1. The van der Waals surface area contributed by atoms with Crippen molar-refractivity contribution in [3.05, 3.63) is 59.9 Å². The number of hydrogen-bond donors (Lipinski definition) is 2. The molecule has 0 aromatic heterocycles. The van der Waals surface area contributed by atoms with E-state index in [1.165, 1.54) is 36.4 Å². The van der Waals surface area contributed by atoms with Crippen molar-refractivity contribution in [1.82, 2.24) is 0 Å². The number of benzene rings is 2. The molecule has 2 aromatic rings. The zero-order valence-electron chi connectivity index (χ0n) is 12.3. The molecule has 2 rings (SSSR count). The molecule has 0 spiro atoms. The van der Waals surface area contributed by atoms with Crippen LogP contribution in [0.3, 0.4) is 0 Å². The number of aliphatic hydroxyl groups is 1. The average molecular weight is 323 g/mol. The predicted molar refractivity (Wildman–Crippen MR) is 84.0 cm³/mol. The molecule has 0 bridgehead atoms. The number of sulfone groups is 1. The summed E-state index contributed by atoms with van der Waals surface area (Å²) < 4.78 is 35.7. The van der Waals surface area contributed by atoms with E-state index in [4.69, 9.17) is 0 Å². The van der Waals surface area contributed by atoms with Gasteiger partial charge in [-0.3, -0.25) is 0 Å². The molecule has 4 nitrogen and oxygen atoms in total. The molecule has 0 saturated heterocycles. The molecular weight excluding hydrogens is 305 g/mol. The molecule has 22 heavy (non-hydrogen) atoms. The normalized spacial score (nSPS) is 14.4. The second kappa shape index (κ2) is 6.46. The van der Waals surface area contributed by atoms with Gasteiger partial charge in [0.2, 0.25) is 0 Å². The summed E-state index contributed by atoms with van der Waals surface area (Å²) in [7, 11) is -3.22. The van der Waals surface area contributed by atoms with Crippen LogP contribution in [0.2, 0.25) is 0 Å². The number of anilines is 1. The van der Waals surface area contributed by atoms with Gasteiger partial charge >= 0.3 is 0 Å². The lowest BCUT2D eigenvalue weighted by molar-refractivity contribution is 0.160. The van der Waals surface area contributed by atoms with E-state index in [9.17, 15) is 17.9 Å². The number of hydrogen-bond acceptors (Lipinski definition) is 4. The maximum absolute atomic E-state index is 12.9. The third kappa shape index (κ3) is 4.05. The first-order valence-electron chi connectivity index (χ1n) is 6.77. The Morgan fingerprint density at radius 1 is 1.05 bits per heavy atom.